The van der Waals surface area contributed by atoms with E-state index in [-0.39, 0.29) is 12.5 Å². The predicted molar refractivity (Wildman–Crippen MR) is 112 cm³/mol. The van der Waals surface area contributed by atoms with Gasteiger partial charge in [-0.2, -0.15) is 0 Å². The van der Waals surface area contributed by atoms with Gasteiger partial charge in [0.05, 0.1) is 13.7 Å². The van der Waals surface area contributed by atoms with Gasteiger partial charge in [-0.15, -0.1) is 0 Å². The minimum Gasteiger partial charge on any atom is -0.497 e. The van der Waals surface area contributed by atoms with E-state index in [2.05, 4.69) is 34.2 Å². The highest BCUT2D eigenvalue weighted by Crippen LogP contribution is 2.19. The zero-order valence-corrected chi connectivity index (χ0v) is 16.7. The molecule has 6 nitrogen and oxygen atoms in total. The Morgan fingerprint density at radius 1 is 1.07 bits per heavy atom. The van der Waals surface area contributed by atoms with Crippen LogP contribution in [0.1, 0.15) is 12.5 Å². The standard InChI is InChI=1S/C22H29N3O3/c1-3-24-11-13-25(14-12-24)20-9-7-19(8-10-20)23-22(26)17-28-16-18-5-4-6-21(15-18)27-2/h4-10,15H,3,11-14,16-17H2,1-2H3,(H,23,26). The molecule has 0 saturated carbocycles. The van der Waals surface area contributed by atoms with Crippen molar-refractivity contribution < 1.29 is 14.3 Å². The molecule has 28 heavy (non-hydrogen) atoms. The molecule has 3 rings (SSSR count). The Morgan fingerprint density at radius 3 is 2.50 bits per heavy atom. The number of carbonyl (C=O) groups is 1. The van der Waals surface area contributed by atoms with Crippen LogP contribution in [-0.4, -0.2) is 57.2 Å². The number of carbonyl (C=O) groups excluding carboxylic acids is 1. The molecule has 2 aromatic rings. The van der Waals surface area contributed by atoms with Gasteiger partial charge in [0, 0.05) is 37.6 Å². The second-order valence-corrected chi connectivity index (χ2v) is 6.86. The van der Waals surface area contributed by atoms with E-state index in [0.717, 1.165) is 49.7 Å². The Bertz CT molecular complexity index is 756. The molecule has 0 atom stereocenters. The van der Waals surface area contributed by atoms with E-state index in [1.165, 1.54) is 5.69 Å². The van der Waals surface area contributed by atoms with E-state index in [0.29, 0.717) is 6.61 Å². The molecule has 1 aliphatic rings. The highest BCUT2D eigenvalue weighted by Gasteiger charge is 2.15. The lowest BCUT2D eigenvalue weighted by Crippen LogP contribution is -2.46. The first-order valence-electron chi connectivity index (χ1n) is 9.76. The third-order valence-corrected chi connectivity index (χ3v) is 4.97. The molecular weight excluding hydrogens is 354 g/mol. The average molecular weight is 383 g/mol. The molecule has 1 amide bonds. The van der Waals surface area contributed by atoms with Crippen molar-refractivity contribution in [3.8, 4) is 5.75 Å². The van der Waals surface area contributed by atoms with Gasteiger partial charge in [-0.25, -0.2) is 0 Å². The van der Waals surface area contributed by atoms with Gasteiger partial charge in [-0.05, 0) is 48.5 Å². The molecule has 150 valence electrons. The molecule has 0 radical (unpaired) electrons. The second-order valence-electron chi connectivity index (χ2n) is 6.86. The largest absolute Gasteiger partial charge is 0.497 e. The van der Waals surface area contributed by atoms with E-state index >= 15 is 0 Å². The summed E-state index contributed by atoms with van der Waals surface area (Å²) in [5.74, 6) is 0.619. The van der Waals surface area contributed by atoms with Crippen LogP contribution in [0.2, 0.25) is 0 Å². The molecule has 1 N–H and O–H groups in total. The van der Waals surface area contributed by atoms with Crippen LogP contribution >= 0.6 is 0 Å². The number of likely N-dealkylation sites (N-methyl/N-ethyl adjacent to an activating group) is 1. The summed E-state index contributed by atoms with van der Waals surface area (Å²) in [4.78, 5) is 16.9. The third-order valence-electron chi connectivity index (χ3n) is 4.97. The quantitative estimate of drug-likeness (QED) is 0.760. The van der Waals surface area contributed by atoms with E-state index in [9.17, 15) is 4.79 Å². The minimum atomic E-state index is -0.160. The summed E-state index contributed by atoms with van der Waals surface area (Å²) in [5, 5.41) is 2.88. The summed E-state index contributed by atoms with van der Waals surface area (Å²) in [7, 11) is 1.63. The lowest BCUT2D eigenvalue weighted by molar-refractivity contribution is -0.121. The molecule has 1 saturated heterocycles. The van der Waals surface area contributed by atoms with Crippen molar-refractivity contribution >= 4 is 17.3 Å². The van der Waals surface area contributed by atoms with Crippen LogP contribution in [0.15, 0.2) is 48.5 Å². The topological polar surface area (TPSA) is 54.0 Å². The summed E-state index contributed by atoms with van der Waals surface area (Å²) < 4.78 is 10.7. The van der Waals surface area contributed by atoms with Gasteiger partial charge in [0.2, 0.25) is 5.91 Å². The monoisotopic (exact) mass is 383 g/mol. The Kier molecular flexibility index (Phi) is 7.28. The van der Waals surface area contributed by atoms with Gasteiger partial charge in [0.15, 0.2) is 0 Å². The number of piperazine rings is 1. The zero-order valence-electron chi connectivity index (χ0n) is 16.7. The average Bonchev–Trinajstić information content (AvgIpc) is 2.74. The van der Waals surface area contributed by atoms with Crippen molar-refractivity contribution in [1.29, 1.82) is 0 Å². The molecule has 0 aromatic heterocycles. The van der Waals surface area contributed by atoms with Crippen LogP contribution in [0.25, 0.3) is 0 Å². The first kappa shape index (κ1) is 20.2. The molecule has 1 heterocycles. The predicted octanol–water partition coefficient (Wildman–Crippen LogP) is 2.99. The molecule has 0 unspecified atom stereocenters. The number of rotatable bonds is 8. The van der Waals surface area contributed by atoms with Crippen LogP contribution in [0.3, 0.4) is 0 Å². The van der Waals surface area contributed by atoms with E-state index in [4.69, 9.17) is 9.47 Å². The lowest BCUT2D eigenvalue weighted by Gasteiger charge is -2.35. The first-order chi connectivity index (χ1) is 13.7. The molecule has 2 aromatic carbocycles. The van der Waals surface area contributed by atoms with Crippen LogP contribution in [0.4, 0.5) is 11.4 Å². The SMILES string of the molecule is CCN1CCN(c2ccc(NC(=O)COCc3cccc(OC)c3)cc2)CC1. The normalized spacial score (nSPS) is 14.7. The maximum atomic E-state index is 12.1. The van der Waals surface area contributed by atoms with Gasteiger partial charge in [-0.1, -0.05) is 19.1 Å². The Hall–Kier alpha value is -2.57. The summed E-state index contributed by atoms with van der Waals surface area (Å²) in [6, 6.07) is 15.6. The number of anilines is 2. The first-order valence-corrected chi connectivity index (χ1v) is 9.76. The Balaban J connectivity index is 1.43. The number of hydrogen-bond acceptors (Lipinski definition) is 5. The number of benzene rings is 2. The molecule has 0 spiro atoms. The second kappa shape index (κ2) is 10.1. The fraction of sp³-hybridized carbons (Fsp3) is 0.409. The number of nitrogens with zero attached hydrogens (tertiary/aromatic N) is 2. The highest BCUT2D eigenvalue weighted by atomic mass is 16.5. The number of nitrogens with one attached hydrogen (secondary N) is 1. The maximum Gasteiger partial charge on any atom is 0.250 e. The van der Waals surface area contributed by atoms with E-state index < -0.39 is 0 Å². The summed E-state index contributed by atoms with van der Waals surface area (Å²) >= 11 is 0. The van der Waals surface area contributed by atoms with Crippen LogP contribution < -0.4 is 15.0 Å². The van der Waals surface area contributed by atoms with Gasteiger partial charge >= 0.3 is 0 Å². The maximum absolute atomic E-state index is 12.1. The van der Waals surface area contributed by atoms with Crippen molar-refractivity contribution in [3.05, 3.63) is 54.1 Å². The summed E-state index contributed by atoms with van der Waals surface area (Å²) in [6.45, 7) is 7.96. The highest BCUT2D eigenvalue weighted by molar-refractivity contribution is 5.91. The van der Waals surface area contributed by atoms with E-state index in [1.54, 1.807) is 7.11 Å². The summed E-state index contributed by atoms with van der Waals surface area (Å²) in [5.41, 5.74) is 2.95. The van der Waals surface area contributed by atoms with Gasteiger partial charge in [0.1, 0.15) is 12.4 Å². The van der Waals surface area contributed by atoms with Crippen LogP contribution in [-0.2, 0) is 16.1 Å². The Labute approximate surface area is 167 Å². The van der Waals surface area contributed by atoms with Gasteiger partial charge in [0.25, 0.3) is 0 Å². The van der Waals surface area contributed by atoms with Crippen molar-refractivity contribution in [2.75, 3.05) is 56.7 Å². The van der Waals surface area contributed by atoms with Crippen LogP contribution in [0.5, 0.6) is 5.75 Å². The van der Waals surface area contributed by atoms with Gasteiger partial charge < -0.3 is 24.6 Å². The number of amides is 1. The molecule has 1 aliphatic heterocycles. The lowest BCUT2D eigenvalue weighted by atomic mass is 10.2. The fourth-order valence-electron chi connectivity index (χ4n) is 3.30. The molecule has 1 fully saturated rings. The van der Waals surface area contributed by atoms with Crippen molar-refractivity contribution in [1.82, 2.24) is 4.90 Å². The fourth-order valence-corrected chi connectivity index (χ4v) is 3.30. The van der Waals surface area contributed by atoms with Crippen molar-refractivity contribution in [3.63, 3.8) is 0 Å². The smallest absolute Gasteiger partial charge is 0.250 e. The number of methoxy groups -OCH3 is 1. The molecule has 0 aliphatic carbocycles. The molecule has 0 bridgehead atoms. The number of ether oxygens (including phenoxy) is 2. The number of hydrogen-bond donors (Lipinski definition) is 1. The zero-order chi connectivity index (χ0) is 19.8. The van der Waals surface area contributed by atoms with Crippen LogP contribution in [0, 0.1) is 0 Å². The van der Waals surface area contributed by atoms with E-state index in [1.807, 2.05) is 36.4 Å². The van der Waals surface area contributed by atoms with Crippen molar-refractivity contribution in [2.45, 2.75) is 13.5 Å². The van der Waals surface area contributed by atoms with Gasteiger partial charge in [-0.3, -0.25) is 4.79 Å². The molecular formula is C22H29N3O3. The van der Waals surface area contributed by atoms with Crippen molar-refractivity contribution in [2.24, 2.45) is 0 Å². The Morgan fingerprint density at radius 2 is 1.82 bits per heavy atom. The molecule has 6 heteroatoms. The third kappa shape index (κ3) is 5.71. The minimum absolute atomic E-state index is 0.0118. The summed E-state index contributed by atoms with van der Waals surface area (Å²) in [6.07, 6.45) is 0.